The van der Waals surface area contributed by atoms with E-state index in [0.717, 1.165) is 0 Å². The van der Waals surface area contributed by atoms with Gasteiger partial charge in [0.1, 0.15) is 5.60 Å². The summed E-state index contributed by atoms with van der Waals surface area (Å²) in [6, 6.07) is -0.967. The van der Waals surface area contributed by atoms with E-state index in [4.69, 9.17) is 9.16 Å². The largest absolute Gasteiger partial charge is 0.444 e. The van der Waals surface area contributed by atoms with E-state index in [1.807, 2.05) is 0 Å². The van der Waals surface area contributed by atoms with Gasteiger partial charge in [-0.3, -0.25) is 0 Å². The Morgan fingerprint density at radius 1 is 1.20 bits per heavy atom. The molecular formula is C21H39F3N2O3Si. The van der Waals surface area contributed by atoms with Gasteiger partial charge in [0.2, 0.25) is 0 Å². The third kappa shape index (κ3) is 7.89. The summed E-state index contributed by atoms with van der Waals surface area (Å²) in [4.78, 5) is 13.9. The molecular weight excluding hydrogens is 413 g/mol. The zero-order valence-corrected chi connectivity index (χ0v) is 20.9. The number of carbonyl (C=O) groups excluding carboxylic acids is 1. The zero-order chi connectivity index (χ0) is 23.5. The number of nitrogens with zero attached hydrogens (tertiary/aromatic N) is 1. The molecule has 0 unspecified atom stereocenters. The summed E-state index contributed by atoms with van der Waals surface area (Å²) in [5.74, 6) is 0. The standard InChI is InChI=1S/C21H39F3N2O3Si/c1-19(2,3)29-18(27)26(7)17-11-10-15(21(22,23)24)14-16(17)25-12-13-28-30(8,9)20(4,5)6/h10,16-17,25H,11-14H2,1-9H3/t16-,17-/m0/s1. The molecule has 0 spiro atoms. The molecule has 0 aliphatic heterocycles. The lowest BCUT2D eigenvalue weighted by Crippen LogP contribution is -2.54. The van der Waals surface area contributed by atoms with Crippen LogP contribution in [0.4, 0.5) is 18.0 Å². The highest BCUT2D eigenvalue weighted by Gasteiger charge is 2.41. The maximum Gasteiger partial charge on any atom is 0.412 e. The number of ether oxygens (including phenoxy) is 1. The Hall–Kier alpha value is -1.06. The van der Waals surface area contributed by atoms with Crippen LogP contribution in [0, 0.1) is 0 Å². The first-order chi connectivity index (χ1) is 13.3. The van der Waals surface area contributed by atoms with Crippen molar-refractivity contribution in [2.24, 2.45) is 0 Å². The van der Waals surface area contributed by atoms with E-state index in [9.17, 15) is 18.0 Å². The Morgan fingerprint density at radius 2 is 1.77 bits per heavy atom. The first kappa shape index (κ1) is 27.0. The molecule has 0 aromatic carbocycles. The molecule has 1 aliphatic carbocycles. The monoisotopic (exact) mass is 452 g/mol. The van der Waals surface area contributed by atoms with E-state index in [1.165, 1.54) is 11.0 Å². The van der Waals surface area contributed by atoms with Gasteiger partial charge in [0.15, 0.2) is 8.32 Å². The highest BCUT2D eigenvalue weighted by Crippen LogP contribution is 2.37. The number of nitrogens with one attached hydrogen (secondary N) is 1. The molecule has 0 saturated carbocycles. The van der Waals surface area contributed by atoms with Crippen molar-refractivity contribution in [3.05, 3.63) is 11.6 Å². The fourth-order valence-corrected chi connectivity index (χ4v) is 4.03. The van der Waals surface area contributed by atoms with Gasteiger partial charge in [-0.25, -0.2) is 4.79 Å². The summed E-state index contributed by atoms with van der Waals surface area (Å²) in [5.41, 5.74) is -1.23. The normalized spacial score (nSPS) is 21.3. The van der Waals surface area contributed by atoms with Gasteiger partial charge in [0.05, 0.1) is 6.04 Å². The van der Waals surface area contributed by atoms with E-state index in [-0.39, 0.29) is 17.9 Å². The third-order valence-corrected chi connectivity index (χ3v) is 10.4. The quantitative estimate of drug-likeness (QED) is 0.329. The van der Waals surface area contributed by atoms with Gasteiger partial charge in [-0.15, -0.1) is 0 Å². The summed E-state index contributed by atoms with van der Waals surface area (Å²) in [6.07, 6.45) is -3.80. The van der Waals surface area contributed by atoms with Crippen LogP contribution in [-0.4, -0.2) is 63.4 Å². The fraction of sp³-hybridized carbons (Fsp3) is 0.857. The number of rotatable bonds is 6. The van der Waals surface area contributed by atoms with Crippen molar-refractivity contribution in [1.82, 2.24) is 10.2 Å². The van der Waals surface area contributed by atoms with Crippen LogP contribution in [0.15, 0.2) is 11.6 Å². The van der Waals surface area contributed by atoms with Crippen molar-refractivity contribution >= 4 is 14.4 Å². The minimum Gasteiger partial charge on any atom is -0.444 e. The van der Waals surface area contributed by atoms with E-state index >= 15 is 0 Å². The summed E-state index contributed by atoms with van der Waals surface area (Å²) < 4.78 is 51.4. The number of alkyl halides is 3. The topological polar surface area (TPSA) is 50.8 Å². The molecule has 0 aromatic heterocycles. The van der Waals surface area contributed by atoms with Gasteiger partial charge < -0.3 is 19.4 Å². The number of likely N-dealkylation sites (N-methyl/N-ethyl adjacent to an activating group) is 1. The van der Waals surface area contributed by atoms with Gasteiger partial charge in [0.25, 0.3) is 0 Å². The van der Waals surface area contributed by atoms with Crippen molar-refractivity contribution in [2.45, 2.75) is 96.4 Å². The van der Waals surface area contributed by atoms with Crippen LogP contribution >= 0.6 is 0 Å². The number of hydrogen-bond donors (Lipinski definition) is 1. The van der Waals surface area contributed by atoms with Crippen molar-refractivity contribution in [1.29, 1.82) is 0 Å². The van der Waals surface area contributed by atoms with Crippen LogP contribution < -0.4 is 5.32 Å². The van der Waals surface area contributed by atoms with Crippen LogP contribution in [0.2, 0.25) is 18.1 Å². The number of halogens is 3. The molecule has 0 aromatic rings. The molecule has 176 valence electrons. The average molecular weight is 453 g/mol. The second kappa shape index (κ2) is 9.61. The smallest absolute Gasteiger partial charge is 0.412 e. The lowest BCUT2D eigenvalue weighted by atomic mass is 9.89. The van der Waals surface area contributed by atoms with Crippen molar-refractivity contribution in [2.75, 3.05) is 20.2 Å². The van der Waals surface area contributed by atoms with Crippen LogP contribution in [0.5, 0.6) is 0 Å². The molecule has 9 heteroatoms. The average Bonchev–Trinajstić information content (AvgIpc) is 2.54. The Morgan fingerprint density at radius 3 is 2.23 bits per heavy atom. The third-order valence-electron chi connectivity index (χ3n) is 5.83. The molecule has 30 heavy (non-hydrogen) atoms. The van der Waals surface area contributed by atoms with Gasteiger partial charge in [-0.05, 0) is 51.7 Å². The van der Waals surface area contributed by atoms with Crippen LogP contribution in [0.25, 0.3) is 0 Å². The minimum atomic E-state index is -4.37. The SMILES string of the molecule is CN(C(=O)OC(C)(C)C)[C@H]1CC=C(C(F)(F)F)C[C@@H]1NCCO[Si](C)(C)C(C)(C)C. The molecule has 0 saturated heterocycles. The molecule has 5 nitrogen and oxygen atoms in total. The highest BCUT2D eigenvalue weighted by molar-refractivity contribution is 6.74. The molecule has 0 heterocycles. The summed E-state index contributed by atoms with van der Waals surface area (Å²) >= 11 is 0. The number of hydrogen-bond acceptors (Lipinski definition) is 4. The molecule has 0 bridgehead atoms. The van der Waals surface area contributed by atoms with E-state index in [2.05, 4.69) is 39.2 Å². The maximum atomic E-state index is 13.3. The van der Waals surface area contributed by atoms with Gasteiger partial charge in [-0.2, -0.15) is 13.2 Å². The fourth-order valence-electron chi connectivity index (χ4n) is 2.99. The molecule has 0 radical (unpaired) electrons. The van der Waals surface area contributed by atoms with Gasteiger partial charge in [-0.1, -0.05) is 26.8 Å². The number of amides is 1. The molecule has 2 atom stereocenters. The first-order valence-corrected chi connectivity index (χ1v) is 13.4. The molecule has 1 aliphatic rings. The Kier molecular flexibility index (Phi) is 8.64. The lowest BCUT2D eigenvalue weighted by Gasteiger charge is -2.39. The predicted octanol–water partition coefficient (Wildman–Crippen LogP) is 5.48. The van der Waals surface area contributed by atoms with Crippen molar-refractivity contribution < 1.29 is 27.1 Å². The van der Waals surface area contributed by atoms with E-state index < -0.39 is 43.8 Å². The summed E-state index contributed by atoms with van der Waals surface area (Å²) in [6.45, 7) is 16.8. The van der Waals surface area contributed by atoms with Crippen molar-refractivity contribution in [3.63, 3.8) is 0 Å². The van der Waals surface area contributed by atoms with E-state index in [0.29, 0.717) is 13.2 Å². The van der Waals surface area contributed by atoms with Gasteiger partial charge in [0, 0.05) is 31.8 Å². The Bertz CT molecular complexity index is 622. The second-order valence-electron chi connectivity index (χ2n) is 10.5. The Balaban J connectivity index is 2.85. The molecule has 1 amide bonds. The predicted molar refractivity (Wildman–Crippen MR) is 116 cm³/mol. The zero-order valence-electron chi connectivity index (χ0n) is 19.9. The molecule has 1 rings (SSSR count). The minimum absolute atomic E-state index is 0.0590. The van der Waals surface area contributed by atoms with E-state index in [1.54, 1.807) is 27.8 Å². The second-order valence-corrected chi connectivity index (χ2v) is 15.3. The highest BCUT2D eigenvalue weighted by atomic mass is 28.4. The lowest BCUT2D eigenvalue weighted by molar-refractivity contribution is -0.0968. The van der Waals surface area contributed by atoms with Gasteiger partial charge >= 0.3 is 12.3 Å². The number of carbonyl (C=O) groups is 1. The first-order valence-electron chi connectivity index (χ1n) is 10.4. The van der Waals surface area contributed by atoms with Crippen LogP contribution in [0.1, 0.15) is 54.4 Å². The van der Waals surface area contributed by atoms with Crippen LogP contribution in [-0.2, 0) is 9.16 Å². The van der Waals surface area contributed by atoms with Crippen LogP contribution in [0.3, 0.4) is 0 Å². The molecule has 1 N–H and O–H groups in total. The van der Waals surface area contributed by atoms with Crippen molar-refractivity contribution in [3.8, 4) is 0 Å². The Labute approximate surface area is 180 Å². The molecule has 0 fully saturated rings. The summed E-state index contributed by atoms with van der Waals surface area (Å²) in [5, 5.41) is 3.26. The summed E-state index contributed by atoms with van der Waals surface area (Å²) in [7, 11) is -0.359. The maximum absolute atomic E-state index is 13.3.